The van der Waals surface area contributed by atoms with Gasteiger partial charge in [0, 0.05) is 0 Å². The molecule has 0 amide bonds. The van der Waals surface area contributed by atoms with Gasteiger partial charge in [0.15, 0.2) is 0 Å². The van der Waals surface area contributed by atoms with Gasteiger partial charge in [-0.25, -0.2) is 0 Å². The molecule has 0 saturated heterocycles. The van der Waals surface area contributed by atoms with E-state index in [4.69, 9.17) is 5.11 Å². The quantitative estimate of drug-likeness (QED) is 0.691. The molecule has 1 unspecified atom stereocenters. The predicted molar refractivity (Wildman–Crippen MR) is 54.7 cm³/mol. The summed E-state index contributed by atoms with van der Waals surface area (Å²) in [5.41, 5.74) is -0.0551. The monoisotopic (exact) mass is 186 g/mol. The fourth-order valence-electron chi connectivity index (χ4n) is 2.02. The van der Waals surface area contributed by atoms with Gasteiger partial charge in [-0.3, -0.25) is 4.79 Å². The van der Waals surface area contributed by atoms with Gasteiger partial charge in [0.25, 0.3) is 0 Å². The van der Waals surface area contributed by atoms with Gasteiger partial charge in [0.1, 0.15) is 0 Å². The molecule has 0 fully saturated rings. The van der Waals surface area contributed by atoms with E-state index < -0.39 is 5.97 Å². The van der Waals surface area contributed by atoms with E-state index in [-0.39, 0.29) is 11.8 Å². The second kappa shape index (κ2) is 5.25. The number of carboxylic acids is 1. The highest BCUT2D eigenvalue weighted by atomic mass is 16.4. The van der Waals surface area contributed by atoms with E-state index in [2.05, 4.69) is 13.8 Å². The molecule has 0 bridgehead atoms. The van der Waals surface area contributed by atoms with Crippen LogP contribution in [0.25, 0.3) is 0 Å². The number of carbonyl (C=O) groups is 1. The predicted octanol–water partition coefficient (Wildman–Crippen LogP) is 3.31. The van der Waals surface area contributed by atoms with Crippen LogP contribution in [-0.4, -0.2) is 11.1 Å². The lowest BCUT2D eigenvalue weighted by atomic mass is 9.79. The second-order valence-corrected chi connectivity index (χ2v) is 4.83. The molecular weight excluding hydrogens is 164 g/mol. The van der Waals surface area contributed by atoms with Gasteiger partial charge in [-0.2, -0.15) is 0 Å². The average Bonchev–Trinajstić information content (AvgIpc) is 1.81. The Morgan fingerprint density at radius 1 is 1.46 bits per heavy atom. The van der Waals surface area contributed by atoms with Gasteiger partial charge >= 0.3 is 5.97 Å². The van der Waals surface area contributed by atoms with Crippen molar-refractivity contribution in [2.45, 2.75) is 53.4 Å². The Balaban J connectivity index is 3.92. The second-order valence-electron chi connectivity index (χ2n) is 4.83. The van der Waals surface area contributed by atoms with Crippen molar-refractivity contribution < 1.29 is 9.90 Å². The molecule has 0 rings (SSSR count). The first-order chi connectivity index (χ1) is 5.87. The van der Waals surface area contributed by atoms with E-state index in [1.54, 1.807) is 0 Å². The summed E-state index contributed by atoms with van der Waals surface area (Å²) in [6, 6.07) is 0. The maximum Gasteiger partial charge on any atom is 0.303 e. The van der Waals surface area contributed by atoms with Crippen LogP contribution in [-0.2, 0) is 4.79 Å². The Morgan fingerprint density at radius 2 is 2.00 bits per heavy atom. The van der Waals surface area contributed by atoms with E-state index in [1.807, 2.05) is 13.8 Å². The van der Waals surface area contributed by atoms with E-state index in [0.29, 0.717) is 5.92 Å². The van der Waals surface area contributed by atoms with Crippen LogP contribution in [0.5, 0.6) is 0 Å². The number of aliphatic carboxylic acids is 1. The molecule has 0 aromatic heterocycles. The first-order valence-corrected chi connectivity index (χ1v) is 5.09. The van der Waals surface area contributed by atoms with E-state index in [9.17, 15) is 4.79 Å². The molecule has 0 aliphatic heterocycles. The zero-order valence-electron chi connectivity index (χ0n) is 9.26. The molecular formula is C11H22O2. The summed E-state index contributed by atoms with van der Waals surface area (Å²) < 4.78 is 0. The minimum atomic E-state index is -0.686. The van der Waals surface area contributed by atoms with Crippen molar-refractivity contribution in [3.05, 3.63) is 0 Å². The molecule has 0 spiro atoms. The van der Waals surface area contributed by atoms with E-state index >= 15 is 0 Å². The summed E-state index contributed by atoms with van der Waals surface area (Å²) in [6.07, 6.45) is 3.67. The third-order valence-corrected chi connectivity index (χ3v) is 2.31. The van der Waals surface area contributed by atoms with Crippen LogP contribution in [0.1, 0.15) is 53.4 Å². The highest BCUT2D eigenvalue weighted by molar-refractivity contribution is 5.67. The Labute approximate surface area is 81.3 Å². The van der Waals surface area contributed by atoms with Gasteiger partial charge in [-0.05, 0) is 17.8 Å². The molecule has 0 aliphatic rings. The molecule has 0 radical (unpaired) electrons. The first-order valence-electron chi connectivity index (χ1n) is 5.09. The van der Waals surface area contributed by atoms with Crippen molar-refractivity contribution in [1.29, 1.82) is 0 Å². The lowest BCUT2D eigenvalue weighted by Crippen LogP contribution is -2.19. The summed E-state index contributed by atoms with van der Waals surface area (Å²) in [5, 5.41) is 8.69. The largest absolute Gasteiger partial charge is 0.481 e. The third-order valence-electron chi connectivity index (χ3n) is 2.31. The molecule has 2 heteroatoms. The Kier molecular flexibility index (Phi) is 5.04. The SMILES string of the molecule is CCCC(C)CC(C)(C)CC(=O)O. The highest BCUT2D eigenvalue weighted by Gasteiger charge is 2.23. The summed E-state index contributed by atoms with van der Waals surface area (Å²) in [7, 11) is 0. The Hall–Kier alpha value is -0.530. The molecule has 0 saturated carbocycles. The van der Waals surface area contributed by atoms with Gasteiger partial charge in [0.2, 0.25) is 0 Å². The van der Waals surface area contributed by atoms with Crippen LogP contribution in [0.15, 0.2) is 0 Å². The van der Waals surface area contributed by atoms with Crippen molar-refractivity contribution in [3.63, 3.8) is 0 Å². The van der Waals surface area contributed by atoms with E-state index in [1.165, 1.54) is 12.8 Å². The molecule has 2 nitrogen and oxygen atoms in total. The number of hydrogen-bond acceptors (Lipinski definition) is 1. The molecule has 13 heavy (non-hydrogen) atoms. The third kappa shape index (κ3) is 6.62. The number of rotatable bonds is 6. The molecule has 78 valence electrons. The van der Waals surface area contributed by atoms with Crippen LogP contribution < -0.4 is 0 Å². The summed E-state index contributed by atoms with van der Waals surface area (Å²) >= 11 is 0. The highest BCUT2D eigenvalue weighted by Crippen LogP contribution is 2.30. The van der Waals surface area contributed by atoms with Crippen LogP contribution in [0.2, 0.25) is 0 Å². The Morgan fingerprint density at radius 3 is 2.38 bits per heavy atom. The number of carboxylic acid groups (broad SMARTS) is 1. The van der Waals surface area contributed by atoms with Gasteiger partial charge in [0.05, 0.1) is 6.42 Å². The number of hydrogen-bond donors (Lipinski definition) is 1. The van der Waals surface area contributed by atoms with Crippen molar-refractivity contribution >= 4 is 5.97 Å². The fraction of sp³-hybridized carbons (Fsp3) is 0.909. The van der Waals surface area contributed by atoms with Crippen molar-refractivity contribution in [2.75, 3.05) is 0 Å². The van der Waals surface area contributed by atoms with Crippen molar-refractivity contribution in [1.82, 2.24) is 0 Å². The maximum absolute atomic E-state index is 10.6. The zero-order valence-corrected chi connectivity index (χ0v) is 9.26. The van der Waals surface area contributed by atoms with Crippen LogP contribution >= 0.6 is 0 Å². The molecule has 1 atom stereocenters. The van der Waals surface area contributed by atoms with Crippen LogP contribution in [0, 0.1) is 11.3 Å². The lowest BCUT2D eigenvalue weighted by Gasteiger charge is -2.26. The smallest absolute Gasteiger partial charge is 0.303 e. The van der Waals surface area contributed by atoms with Gasteiger partial charge in [-0.1, -0.05) is 40.5 Å². The molecule has 0 aromatic carbocycles. The standard InChI is InChI=1S/C11H22O2/c1-5-6-9(2)7-11(3,4)8-10(12)13/h9H,5-8H2,1-4H3,(H,12,13). The van der Waals surface area contributed by atoms with Gasteiger partial charge < -0.3 is 5.11 Å². The molecule has 1 N–H and O–H groups in total. The normalized spacial score (nSPS) is 14.2. The summed E-state index contributed by atoms with van der Waals surface area (Å²) in [4.78, 5) is 10.6. The molecule has 0 heterocycles. The Bertz CT molecular complexity index is 161. The molecule has 0 aliphatic carbocycles. The zero-order chi connectivity index (χ0) is 10.5. The topological polar surface area (TPSA) is 37.3 Å². The molecule has 0 aromatic rings. The lowest BCUT2D eigenvalue weighted by molar-refractivity contribution is -0.139. The van der Waals surface area contributed by atoms with Crippen LogP contribution in [0.3, 0.4) is 0 Å². The van der Waals surface area contributed by atoms with Crippen molar-refractivity contribution in [3.8, 4) is 0 Å². The first kappa shape index (κ1) is 12.5. The van der Waals surface area contributed by atoms with Gasteiger partial charge in [-0.15, -0.1) is 0 Å². The minimum absolute atomic E-state index is 0.0551. The fourth-order valence-corrected chi connectivity index (χ4v) is 2.02. The van der Waals surface area contributed by atoms with Crippen LogP contribution in [0.4, 0.5) is 0 Å². The van der Waals surface area contributed by atoms with E-state index in [0.717, 1.165) is 6.42 Å². The summed E-state index contributed by atoms with van der Waals surface area (Å²) in [6.45, 7) is 8.44. The minimum Gasteiger partial charge on any atom is -0.481 e. The summed E-state index contributed by atoms with van der Waals surface area (Å²) in [5.74, 6) is -0.0481. The average molecular weight is 186 g/mol. The van der Waals surface area contributed by atoms with Crippen molar-refractivity contribution in [2.24, 2.45) is 11.3 Å². The maximum atomic E-state index is 10.6.